The van der Waals surface area contributed by atoms with Crippen LogP contribution in [0.15, 0.2) is 0 Å². The van der Waals surface area contributed by atoms with E-state index in [9.17, 15) is 8.42 Å². The molecule has 0 bridgehead atoms. The predicted octanol–water partition coefficient (Wildman–Crippen LogP) is 1.27. The van der Waals surface area contributed by atoms with Crippen molar-refractivity contribution in [2.45, 2.75) is 38.9 Å². The molecule has 0 aliphatic carbocycles. The van der Waals surface area contributed by atoms with Crippen molar-refractivity contribution >= 4 is 10.0 Å². The predicted molar refractivity (Wildman–Crippen MR) is 66.9 cm³/mol. The van der Waals surface area contributed by atoms with E-state index in [0.29, 0.717) is 25.6 Å². The van der Waals surface area contributed by atoms with E-state index in [4.69, 9.17) is 10.00 Å². The highest BCUT2D eigenvalue weighted by molar-refractivity contribution is 7.90. The molecule has 6 heteroatoms. The zero-order valence-electron chi connectivity index (χ0n) is 10.8. The normalized spacial score (nSPS) is 13.6. The minimum atomic E-state index is -3.52. The monoisotopic (exact) mass is 262 g/mol. The summed E-state index contributed by atoms with van der Waals surface area (Å²) in [6, 6.07) is 1.77. The second kappa shape index (κ2) is 8.45. The largest absolute Gasteiger partial charge is 0.380 e. The maximum absolute atomic E-state index is 11.5. The van der Waals surface area contributed by atoms with Crippen molar-refractivity contribution in [2.24, 2.45) is 5.92 Å². The molecule has 0 aromatic heterocycles. The molecule has 0 rings (SSSR count). The van der Waals surface area contributed by atoms with Crippen molar-refractivity contribution in [3.8, 4) is 6.07 Å². The molecule has 0 amide bonds. The van der Waals surface area contributed by atoms with Crippen LogP contribution >= 0.6 is 0 Å². The topological polar surface area (TPSA) is 79.2 Å². The Kier molecular flexibility index (Phi) is 8.13. The Morgan fingerprint density at radius 2 is 2.00 bits per heavy atom. The molecule has 17 heavy (non-hydrogen) atoms. The smallest absolute Gasteiger partial charge is 0.228 e. The van der Waals surface area contributed by atoms with Crippen LogP contribution in [0.2, 0.25) is 0 Å². The van der Waals surface area contributed by atoms with Gasteiger partial charge in [-0.05, 0) is 18.8 Å². The number of nitrogens with zero attached hydrogens (tertiary/aromatic N) is 1. The third-order valence-corrected chi connectivity index (χ3v) is 4.07. The molecule has 1 unspecified atom stereocenters. The van der Waals surface area contributed by atoms with E-state index in [2.05, 4.69) is 18.6 Å². The van der Waals surface area contributed by atoms with Gasteiger partial charge in [-0.2, -0.15) is 5.26 Å². The molecule has 0 aromatic carbocycles. The minimum Gasteiger partial charge on any atom is -0.380 e. The van der Waals surface area contributed by atoms with E-state index >= 15 is 0 Å². The molecule has 0 aromatic rings. The summed E-state index contributed by atoms with van der Waals surface area (Å²) in [5, 5.41) is 7.69. The van der Waals surface area contributed by atoms with E-state index in [1.54, 1.807) is 13.0 Å². The quantitative estimate of drug-likeness (QED) is 0.635. The Balaban J connectivity index is 3.78. The summed E-state index contributed by atoms with van der Waals surface area (Å²) in [5.74, 6) is 0.578. The Morgan fingerprint density at radius 1 is 1.35 bits per heavy atom. The van der Waals surface area contributed by atoms with Crippen molar-refractivity contribution < 1.29 is 13.2 Å². The summed E-state index contributed by atoms with van der Waals surface area (Å²) in [7, 11) is -3.52. The first-order valence-electron chi connectivity index (χ1n) is 5.89. The first kappa shape index (κ1) is 16.4. The van der Waals surface area contributed by atoms with Gasteiger partial charge >= 0.3 is 0 Å². The van der Waals surface area contributed by atoms with Gasteiger partial charge in [-0.25, -0.2) is 13.1 Å². The number of nitriles is 1. The molecule has 0 saturated carbocycles. The van der Waals surface area contributed by atoms with Gasteiger partial charge in [0.05, 0.1) is 12.7 Å². The van der Waals surface area contributed by atoms with E-state index in [-0.39, 0.29) is 6.54 Å². The second-order valence-corrected chi connectivity index (χ2v) is 6.21. The fraction of sp³-hybridized carbons (Fsp3) is 0.909. The SMILES string of the molecule is CCC(C#N)S(=O)(=O)NCCOCCC(C)C. The third-order valence-electron chi connectivity index (χ3n) is 2.28. The fourth-order valence-corrected chi connectivity index (χ4v) is 2.30. The zero-order valence-corrected chi connectivity index (χ0v) is 11.6. The van der Waals surface area contributed by atoms with Crippen molar-refractivity contribution in [1.82, 2.24) is 4.72 Å². The average molecular weight is 262 g/mol. The number of hydrogen-bond donors (Lipinski definition) is 1. The molecule has 1 N–H and O–H groups in total. The molecule has 0 heterocycles. The van der Waals surface area contributed by atoms with Gasteiger partial charge in [0.2, 0.25) is 10.0 Å². The van der Waals surface area contributed by atoms with Crippen LogP contribution < -0.4 is 4.72 Å². The van der Waals surface area contributed by atoms with Gasteiger partial charge in [-0.3, -0.25) is 0 Å². The van der Waals surface area contributed by atoms with Crippen LogP contribution in [-0.4, -0.2) is 33.4 Å². The van der Waals surface area contributed by atoms with Crippen molar-refractivity contribution in [3.63, 3.8) is 0 Å². The first-order valence-corrected chi connectivity index (χ1v) is 7.44. The molecular weight excluding hydrogens is 240 g/mol. The Labute approximate surface area is 104 Å². The van der Waals surface area contributed by atoms with Gasteiger partial charge < -0.3 is 4.74 Å². The Bertz CT molecular complexity index is 333. The van der Waals surface area contributed by atoms with Gasteiger partial charge in [0.1, 0.15) is 0 Å². The van der Waals surface area contributed by atoms with Crippen LogP contribution in [0, 0.1) is 17.2 Å². The van der Waals surface area contributed by atoms with Crippen LogP contribution in [0.4, 0.5) is 0 Å². The lowest BCUT2D eigenvalue weighted by Crippen LogP contribution is -2.35. The summed E-state index contributed by atoms with van der Waals surface area (Å²) in [5.41, 5.74) is 0. The summed E-state index contributed by atoms with van der Waals surface area (Å²) in [4.78, 5) is 0. The van der Waals surface area contributed by atoms with Gasteiger partial charge in [0.15, 0.2) is 5.25 Å². The van der Waals surface area contributed by atoms with E-state index in [1.165, 1.54) is 0 Å². The Morgan fingerprint density at radius 3 is 2.47 bits per heavy atom. The highest BCUT2D eigenvalue weighted by Gasteiger charge is 2.22. The molecule has 0 spiro atoms. The molecule has 5 nitrogen and oxygen atoms in total. The third kappa shape index (κ3) is 7.31. The number of hydrogen-bond acceptors (Lipinski definition) is 4. The summed E-state index contributed by atoms with van der Waals surface area (Å²) < 4.78 is 30.7. The Hall–Kier alpha value is -0.640. The lowest BCUT2D eigenvalue weighted by molar-refractivity contribution is 0.128. The fourth-order valence-electron chi connectivity index (χ4n) is 1.16. The van der Waals surface area contributed by atoms with Gasteiger partial charge in [0, 0.05) is 13.2 Å². The average Bonchev–Trinajstić information content (AvgIpc) is 2.24. The van der Waals surface area contributed by atoms with Crippen LogP contribution in [0.1, 0.15) is 33.6 Å². The standard InChI is InChI=1S/C11H22N2O3S/c1-4-11(9-12)17(14,15)13-6-8-16-7-5-10(2)3/h10-11,13H,4-8H2,1-3H3. The van der Waals surface area contributed by atoms with Crippen molar-refractivity contribution in [2.75, 3.05) is 19.8 Å². The molecule has 1 atom stereocenters. The van der Waals surface area contributed by atoms with Crippen molar-refractivity contribution in [1.29, 1.82) is 5.26 Å². The van der Waals surface area contributed by atoms with E-state index < -0.39 is 15.3 Å². The highest BCUT2D eigenvalue weighted by atomic mass is 32.2. The zero-order chi connectivity index (χ0) is 13.3. The lowest BCUT2D eigenvalue weighted by atomic mass is 10.1. The van der Waals surface area contributed by atoms with Gasteiger partial charge in [-0.1, -0.05) is 20.8 Å². The summed E-state index contributed by atoms with van der Waals surface area (Å²) in [6.45, 7) is 7.07. The molecule has 0 saturated heterocycles. The number of ether oxygens (including phenoxy) is 1. The second-order valence-electron chi connectivity index (χ2n) is 4.26. The number of nitrogens with one attached hydrogen (secondary N) is 1. The molecule has 0 radical (unpaired) electrons. The maximum Gasteiger partial charge on any atom is 0.228 e. The van der Waals surface area contributed by atoms with Crippen molar-refractivity contribution in [3.05, 3.63) is 0 Å². The van der Waals surface area contributed by atoms with E-state index in [0.717, 1.165) is 6.42 Å². The van der Waals surface area contributed by atoms with Gasteiger partial charge in [-0.15, -0.1) is 0 Å². The summed E-state index contributed by atoms with van der Waals surface area (Å²) in [6.07, 6.45) is 1.25. The van der Waals surface area contributed by atoms with Crippen LogP contribution in [0.25, 0.3) is 0 Å². The molecule has 0 aliphatic rings. The molecule has 0 aliphatic heterocycles. The maximum atomic E-state index is 11.5. The first-order chi connectivity index (χ1) is 7.94. The minimum absolute atomic E-state index is 0.221. The molecular formula is C11H22N2O3S. The van der Waals surface area contributed by atoms with E-state index in [1.807, 2.05) is 0 Å². The van der Waals surface area contributed by atoms with Crippen LogP contribution in [-0.2, 0) is 14.8 Å². The highest BCUT2D eigenvalue weighted by Crippen LogP contribution is 2.02. The van der Waals surface area contributed by atoms with Crippen LogP contribution in [0.5, 0.6) is 0 Å². The number of sulfonamides is 1. The van der Waals surface area contributed by atoms with Gasteiger partial charge in [0.25, 0.3) is 0 Å². The molecule has 0 fully saturated rings. The molecule has 100 valence electrons. The number of rotatable bonds is 9. The lowest BCUT2D eigenvalue weighted by Gasteiger charge is -2.10. The summed E-state index contributed by atoms with van der Waals surface area (Å²) >= 11 is 0. The van der Waals surface area contributed by atoms with Crippen LogP contribution in [0.3, 0.4) is 0 Å².